The molecule has 2 heterocycles. The summed E-state index contributed by atoms with van der Waals surface area (Å²) in [4.78, 5) is 28.4. The summed E-state index contributed by atoms with van der Waals surface area (Å²) in [6, 6.07) is 8.75. The zero-order valence-corrected chi connectivity index (χ0v) is 18.5. The predicted octanol–water partition coefficient (Wildman–Crippen LogP) is 2.04. The van der Waals surface area contributed by atoms with Crippen LogP contribution in [0.15, 0.2) is 47.3 Å². The number of benzene rings is 1. The molecular weight excluding hydrogens is 478 g/mol. The number of nitrogens with two attached hydrogens (primary N) is 1. The fourth-order valence-electron chi connectivity index (χ4n) is 4.63. The average molecular weight is 498 g/mol. The highest BCUT2D eigenvalue weighted by Gasteiger charge is 2.54. The highest BCUT2D eigenvalue weighted by atomic mass is 79.9. The van der Waals surface area contributed by atoms with Gasteiger partial charge in [0.05, 0.1) is 5.69 Å². The third-order valence-corrected chi connectivity index (χ3v) is 6.55. The highest BCUT2D eigenvalue weighted by Crippen LogP contribution is 2.56. The molecule has 0 unspecified atom stereocenters. The number of carbonyl (C=O) groups excluding carboxylic acids is 2. The van der Waals surface area contributed by atoms with Crippen molar-refractivity contribution in [3.63, 3.8) is 0 Å². The van der Waals surface area contributed by atoms with Gasteiger partial charge in [-0.2, -0.15) is 0 Å². The molecule has 2 aromatic heterocycles. The van der Waals surface area contributed by atoms with Gasteiger partial charge in [0.1, 0.15) is 18.0 Å². The number of aromatic nitrogens is 5. The zero-order chi connectivity index (χ0) is 22.3. The maximum absolute atomic E-state index is 12.8. The number of hydrogen-bond acceptors (Lipinski definition) is 7. The third-order valence-electron chi connectivity index (χ3n) is 6.09. The van der Waals surface area contributed by atoms with Crippen LogP contribution in [0, 0.1) is 5.41 Å². The van der Waals surface area contributed by atoms with Crippen LogP contribution in [0.3, 0.4) is 0 Å². The minimum Gasteiger partial charge on any atom is -0.474 e. The first-order chi connectivity index (χ1) is 15.4. The first-order valence-corrected chi connectivity index (χ1v) is 11.0. The first-order valence-electron chi connectivity index (χ1n) is 10.2. The molecular formula is C21H20BrN7O3. The van der Waals surface area contributed by atoms with Crippen LogP contribution in [0.25, 0.3) is 5.69 Å². The maximum Gasteiger partial charge on any atom is 0.254 e. The summed E-state index contributed by atoms with van der Waals surface area (Å²) in [6.45, 7) is 0. The Morgan fingerprint density at radius 1 is 1.22 bits per heavy atom. The molecule has 2 amide bonds. The van der Waals surface area contributed by atoms with Gasteiger partial charge in [-0.1, -0.05) is 15.9 Å². The number of nitrogens with zero attached hydrogens (tertiary/aromatic N) is 5. The quantitative estimate of drug-likeness (QED) is 0.531. The van der Waals surface area contributed by atoms with E-state index in [0.29, 0.717) is 16.8 Å². The van der Waals surface area contributed by atoms with Crippen molar-refractivity contribution in [2.24, 2.45) is 11.1 Å². The molecule has 1 spiro atoms. The molecule has 3 N–H and O–H groups in total. The Bertz CT molecular complexity index is 1170. The second-order valence-corrected chi connectivity index (χ2v) is 9.32. The molecule has 2 fully saturated rings. The number of rotatable bonds is 6. The lowest BCUT2D eigenvalue weighted by Crippen LogP contribution is -2.58. The molecule has 1 aromatic carbocycles. The molecule has 5 rings (SSSR count). The van der Waals surface area contributed by atoms with Gasteiger partial charge in [0.2, 0.25) is 5.88 Å². The van der Waals surface area contributed by atoms with E-state index < -0.39 is 5.91 Å². The van der Waals surface area contributed by atoms with Crippen LogP contribution in [0.1, 0.15) is 46.4 Å². The van der Waals surface area contributed by atoms with Crippen molar-refractivity contribution in [1.29, 1.82) is 0 Å². The first kappa shape index (κ1) is 20.6. The van der Waals surface area contributed by atoms with Crippen LogP contribution in [-0.4, -0.2) is 49.2 Å². The average Bonchev–Trinajstić information content (AvgIpc) is 3.25. The van der Waals surface area contributed by atoms with Crippen molar-refractivity contribution in [3.05, 3.63) is 58.5 Å². The lowest BCUT2D eigenvalue weighted by Gasteiger charge is -2.57. The van der Waals surface area contributed by atoms with E-state index >= 15 is 0 Å². The van der Waals surface area contributed by atoms with Crippen LogP contribution in [0.2, 0.25) is 0 Å². The molecule has 0 radical (unpaired) electrons. The minimum absolute atomic E-state index is 0.00331. The number of carbonyl (C=O) groups is 2. The van der Waals surface area contributed by atoms with Gasteiger partial charge in [-0.3, -0.25) is 9.59 Å². The Labute approximate surface area is 191 Å². The molecule has 2 saturated carbocycles. The molecule has 11 heteroatoms. The Morgan fingerprint density at radius 3 is 2.75 bits per heavy atom. The second-order valence-electron chi connectivity index (χ2n) is 8.40. The van der Waals surface area contributed by atoms with Crippen LogP contribution in [0.5, 0.6) is 5.88 Å². The highest BCUT2D eigenvalue weighted by molar-refractivity contribution is 9.10. The van der Waals surface area contributed by atoms with E-state index in [4.69, 9.17) is 10.5 Å². The molecule has 2 aliphatic carbocycles. The Morgan fingerprint density at radius 2 is 2.03 bits per heavy atom. The second kappa shape index (κ2) is 7.97. The predicted molar refractivity (Wildman–Crippen MR) is 116 cm³/mol. The summed E-state index contributed by atoms with van der Waals surface area (Å²) < 4.78 is 8.17. The van der Waals surface area contributed by atoms with Gasteiger partial charge in [-0.25, -0.2) is 9.67 Å². The molecule has 3 aromatic rings. The van der Waals surface area contributed by atoms with Gasteiger partial charge >= 0.3 is 0 Å². The Balaban J connectivity index is 1.15. The number of tetrazole rings is 1. The number of halogens is 1. The van der Waals surface area contributed by atoms with E-state index in [2.05, 4.69) is 41.8 Å². The van der Waals surface area contributed by atoms with Gasteiger partial charge in [-0.15, -0.1) is 5.10 Å². The number of primary amides is 1. The minimum atomic E-state index is -0.552. The van der Waals surface area contributed by atoms with E-state index in [-0.39, 0.29) is 29.3 Å². The largest absolute Gasteiger partial charge is 0.474 e. The molecule has 0 saturated heterocycles. The lowest BCUT2D eigenvalue weighted by molar-refractivity contribution is -0.0848. The monoisotopic (exact) mass is 497 g/mol. The van der Waals surface area contributed by atoms with Crippen molar-refractivity contribution >= 4 is 27.7 Å². The summed E-state index contributed by atoms with van der Waals surface area (Å²) in [5, 5.41) is 14.2. The summed E-state index contributed by atoms with van der Waals surface area (Å²) in [6.07, 6.45) is 6.60. The fraction of sp³-hybridized carbons (Fsp3) is 0.333. The van der Waals surface area contributed by atoms with E-state index in [1.54, 1.807) is 30.5 Å². The van der Waals surface area contributed by atoms with E-state index in [9.17, 15) is 9.59 Å². The summed E-state index contributed by atoms with van der Waals surface area (Å²) in [5.74, 6) is -0.395. The fourth-order valence-corrected chi connectivity index (χ4v) is 5.11. The molecule has 32 heavy (non-hydrogen) atoms. The zero-order valence-electron chi connectivity index (χ0n) is 16.9. The summed E-state index contributed by atoms with van der Waals surface area (Å²) in [7, 11) is 0. The number of amides is 2. The molecule has 0 aliphatic heterocycles. The van der Waals surface area contributed by atoms with Crippen molar-refractivity contribution in [3.8, 4) is 11.6 Å². The molecule has 10 nitrogen and oxygen atoms in total. The van der Waals surface area contributed by atoms with E-state index in [0.717, 1.165) is 30.2 Å². The number of nitrogens with one attached hydrogen (secondary N) is 1. The van der Waals surface area contributed by atoms with Gasteiger partial charge in [0.15, 0.2) is 0 Å². The Hall–Kier alpha value is -3.34. The maximum atomic E-state index is 12.8. The molecule has 0 bridgehead atoms. The van der Waals surface area contributed by atoms with Gasteiger partial charge < -0.3 is 15.8 Å². The topological polar surface area (TPSA) is 138 Å². The van der Waals surface area contributed by atoms with Crippen molar-refractivity contribution in [1.82, 2.24) is 30.5 Å². The molecule has 0 atom stereocenters. The van der Waals surface area contributed by atoms with Gasteiger partial charge in [0, 0.05) is 22.3 Å². The number of pyridine rings is 1. The summed E-state index contributed by atoms with van der Waals surface area (Å²) in [5.41, 5.74) is 7.09. The van der Waals surface area contributed by atoms with Crippen molar-refractivity contribution < 1.29 is 14.3 Å². The van der Waals surface area contributed by atoms with Crippen LogP contribution in [0.4, 0.5) is 0 Å². The van der Waals surface area contributed by atoms with Crippen molar-refractivity contribution in [2.75, 3.05) is 0 Å². The molecule has 2 aliphatic rings. The normalized spacial score (nSPS) is 23.8. The lowest BCUT2D eigenvalue weighted by atomic mass is 9.53. The standard InChI is InChI=1S/C21H20BrN7O3/c22-13-4-12(5-15(6-13)29-11-25-27-28-29)19(31)26-14-7-21(8-14)9-16(10-21)32-20-17(18(23)30)2-1-3-24-20/h1-6,11,14,16H,7-10H2,(H2,23,30)(H,26,31). The third kappa shape index (κ3) is 3.95. The molecule has 164 valence electrons. The van der Waals surface area contributed by atoms with Crippen LogP contribution < -0.4 is 15.8 Å². The van der Waals surface area contributed by atoms with Gasteiger partial charge in [-0.05, 0) is 71.9 Å². The SMILES string of the molecule is NC(=O)c1cccnc1OC1CC2(CC(NC(=O)c3cc(Br)cc(-n4cnnn4)c3)C2)C1. The van der Waals surface area contributed by atoms with Crippen LogP contribution in [-0.2, 0) is 0 Å². The smallest absolute Gasteiger partial charge is 0.254 e. The number of hydrogen-bond donors (Lipinski definition) is 2. The van der Waals surface area contributed by atoms with E-state index in [1.165, 1.54) is 11.0 Å². The van der Waals surface area contributed by atoms with Gasteiger partial charge in [0.25, 0.3) is 11.8 Å². The van der Waals surface area contributed by atoms with Crippen molar-refractivity contribution in [2.45, 2.75) is 37.8 Å². The summed E-state index contributed by atoms with van der Waals surface area (Å²) >= 11 is 3.44. The van der Waals surface area contributed by atoms with E-state index in [1.807, 2.05) is 6.07 Å². The Kier molecular flexibility index (Phi) is 5.12. The van der Waals surface area contributed by atoms with Crippen LogP contribution >= 0.6 is 15.9 Å². The number of ether oxygens (including phenoxy) is 1.